The van der Waals surface area contributed by atoms with Gasteiger partial charge in [-0.2, -0.15) is 0 Å². The summed E-state index contributed by atoms with van der Waals surface area (Å²) >= 11 is 0. The third-order valence-corrected chi connectivity index (χ3v) is 3.92. The van der Waals surface area contributed by atoms with Crippen LogP contribution in [-0.4, -0.2) is 28.7 Å². The molecule has 0 fully saturated rings. The second-order valence-electron chi connectivity index (χ2n) is 6.20. The predicted molar refractivity (Wildman–Crippen MR) is 85.2 cm³/mol. The van der Waals surface area contributed by atoms with Gasteiger partial charge in [0.2, 0.25) is 0 Å². The van der Waals surface area contributed by atoms with Crippen molar-refractivity contribution in [2.45, 2.75) is 40.7 Å². The molecule has 1 heterocycles. The molecule has 1 N–H and O–H groups in total. The second kappa shape index (κ2) is 5.80. The number of anilines is 1. The first-order valence-electron chi connectivity index (χ1n) is 7.32. The van der Waals surface area contributed by atoms with Crippen molar-refractivity contribution in [2.24, 2.45) is 5.92 Å². The van der Waals surface area contributed by atoms with Crippen molar-refractivity contribution >= 4 is 11.7 Å². The summed E-state index contributed by atoms with van der Waals surface area (Å²) in [6.45, 7) is 10.8. The summed E-state index contributed by atoms with van der Waals surface area (Å²) in [5.41, 5.74) is 4.86. The summed E-state index contributed by atoms with van der Waals surface area (Å²) in [6.07, 6.45) is 3.86. The quantitative estimate of drug-likeness (QED) is 0.923. The first kappa shape index (κ1) is 15.4. The first-order valence-corrected chi connectivity index (χ1v) is 7.32. The van der Waals surface area contributed by atoms with Gasteiger partial charge in [0.05, 0.1) is 6.67 Å². The molecule has 0 aliphatic carbocycles. The fourth-order valence-electron chi connectivity index (χ4n) is 3.20. The number of aliphatic carboxylic acids is 1. The molecule has 0 aromatic heterocycles. The van der Waals surface area contributed by atoms with Crippen LogP contribution in [-0.2, 0) is 4.79 Å². The van der Waals surface area contributed by atoms with Gasteiger partial charge in [0.1, 0.15) is 6.04 Å². The maximum Gasteiger partial charge on any atom is 0.326 e. The van der Waals surface area contributed by atoms with Crippen molar-refractivity contribution in [3.8, 4) is 0 Å². The van der Waals surface area contributed by atoms with E-state index in [1.165, 1.54) is 22.4 Å². The molecule has 1 aliphatic heterocycles. The van der Waals surface area contributed by atoms with Crippen LogP contribution in [0.2, 0.25) is 0 Å². The number of hydrogen-bond acceptors (Lipinski definition) is 3. The van der Waals surface area contributed by atoms with Gasteiger partial charge in [-0.25, -0.2) is 4.79 Å². The van der Waals surface area contributed by atoms with Crippen LogP contribution in [0.25, 0.3) is 0 Å². The number of nitrogens with zero attached hydrogens (tertiary/aromatic N) is 2. The lowest BCUT2D eigenvalue weighted by Crippen LogP contribution is -2.43. The fraction of sp³-hybridized carbons (Fsp3) is 0.471. The standard InChI is InChI=1S/C17H24N2O2/c1-11(2)15(17(20)21)18-6-7-19(10-18)16-13(4)8-12(3)9-14(16)5/h6-9,11,15H,10H2,1-5H3,(H,20,21)/t15-/m0/s1. The van der Waals surface area contributed by atoms with Crippen LogP contribution >= 0.6 is 0 Å². The highest BCUT2D eigenvalue weighted by molar-refractivity contribution is 5.74. The van der Waals surface area contributed by atoms with Crippen LogP contribution in [0.5, 0.6) is 0 Å². The van der Waals surface area contributed by atoms with E-state index in [-0.39, 0.29) is 5.92 Å². The van der Waals surface area contributed by atoms with Crippen LogP contribution in [0.1, 0.15) is 30.5 Å². The van der Waals surface area contributed by atoms with Crippen LogP contribution in [0.4, 0.5) is 5.69 Å². The predicted octanol–water partition coefficient (Wildman–Crippen LogP) is 3.27. The van der Waals surface area contributed by atoms with Crippen LogP contribution in [0.3, 0.4) is 0 Å². The Morgan fingerprint density at radius 1 is 1.14 bits per heavy atom. The monoisotopic (exact) mass is 288 g/mol. The normalized spacial score (nSPS) is 15.9. The highest BCUT2D eigenvalue weighted by atomic mass is 16.4. The lowest BCUT2D eigenvalue weighted by molar-refractivity contribution is -0.143. The lowest BCUT2D eigenvalue weighted by Gasteiger charge is -2.30. The molecule has 4 heteroatoms. The van der Waals surface area contributed by atoms with Gasteiger partial charge in [0, 0.05) is 18.1 Å². The molecule has 1 aromatic rings. The van der Waals surface area contributed by atoms with E-state index in [1.54, 1.807) is 0 Å². The number of aryl methyl sites for hydroxylation is 3. The van der Waals surface area contributed by atoms with Gasteiger partial charge in [-0.15, -0.1) is 0 Å². The van der Waals surface area contributed by atoms with Gasteiger partial charge >= 0.3 is 5.97 Å². The highest BCUT2D eigenvalue weighted by Crippen LogP contribution is 2.30. The Balaban J connectivity index is 2.25. The molecular weight excluding hydrogens is 264 g/mol. The number of hydrogen-bond donors (Lipinski definition) is 1. The molecule has 0 spiro atoms. The van der Waals surface area contributed by atoms with E-state index in [0.29, 0.717) is 6.67 Å². The summed E-state index contributed by atoms with van der Waals surface area (Å²) in [5, 5.41) is 9.41. The molecule has 0 radical (unpaired) electrons. The Hall–Kier alpha value is -1.97. The SMILES string of the molecule is Cc1cc(C)c(N2C=CN([C@H](C(=O)O)C(C)C)C2)c(C)c1. The van der Waals surface area contributed by atoms with Crippen molar-refractivity contribution in [1.82, 2.24) is 4.90 Å². The molecule has 0 saturated heterocycles. The zero-order valence-electron chi connectivity index (χ0n) is 13.4. The van der Waals surface area contributed by atoms with Crippen molar-refractivity contribution in [3.63, 3.8) is 0 Å². The molecule has 1 atom stereocenters. The smallest absolute Gasteiger partial charge is 0.326 e. The Morgan fingerprint density at radius 3 is 2.19 bits per heavy atom. The number of carboxylic acids is 1. The number of rotatable bonds is 4. The second-order valence-corrected chi connectivity index (χ2v) is 6.20. The minimum Gasteiger partial charge on any atom is -0.480 e. The molecule has 1 aromatic carbocycles. The van der Waals surface area contributed by atoms with E-state index >= 15 is 0 Å². The maximum absolute atomic E-state index is 11.5. The van der Waals surface area contributed by atoms with Gasteiger partial charge in [0.15, 0.2) is 0 Å². The van der Waals surface area contributed by atoms with Gasteiger partial charge < -0.3 is 14.9 Å². The van der Waals surface area contributed by atoms with Crippen LogP contribution in [0, 0.1) is 26.7 Å². The molecule has 21 heavy (non-hydrogen) atoms. The summed E-state index contributed by atoms with van der Waals surface area (Å²) in [7, 11) is 0. The van der Waals surface area contributed by atoms with E-state index in [0.717, 1.165) is 0 Å². The van der Waals surface area contributed by atoms with Gasteiger partial charge in [-0.3, -0.25) is 0 Å². The molecule has 2 rings (SSSR count). The number of carbonyl (C=O) groups is 1. The van der Waals surface area contributed by atoms with E-state index in [4.69, 9.17) is 0 Å². The Kier molecular flexibility index (Phi) is 4.26. The zero-order chi connectivity index (χ0) is 15.7. The Bertz CT molecular complexity index is 555. The van der Waals surface area contributed by atoms with Gasteiger partial charge in [0.25, 0.3) is 0 Å². The maximum atomic E-state index is 11.5. The van der Waals surface area contributed by atoms with Gasteiger partial charge in [-0.1, -0.05) is 31.5 Å². The molecule has 0 unspecified atom stereocenters. The molecule has 114 valence electrons. The Morgan fingerprint density at radius 2 is 1.71 bits per heavy atom. The average molecular weight is 288 g/mol. The summed E-state index contributed by atoms with van der Waals surface area (Å²) in [4.78, 5) is 15.5. The molecule has 0 saturated carbocycles. The topological polar surface area (TPSA) is 43.8 Å². The van der Waals surface area contributed by atoms with Crippen molar-refractivity contribution < 1.29 is 9.90 Å². The average Bonchev–Trinajstić information content (AvgIpc) is 2.75. The fourth-order valence-corrected chi connectivity index (χ4v) is 3.20. The minimum absolute atomic E-state index is 0.0623. The summed E-state index contributed by atoms with van der Waals surface area (Å²) < 4.78 is 0. The molecule has 1 aliphatic rings. The van der Waals surface area contributed by atoms with E-state index in [2.05, 4.69) is 37.8 Å². The number of carboxylic acid groups (broad SMARTS) is 1. The lowest BCUT2D eigenvalue weighted by atomic mass is 10.0. The largest absolute Gasteiger partial charge is 0.480 e. The highest BCUT2D eigenvalue weighted by Gasteiger charge is 2.30. The molecular formula is C17H24N2O2. The van der Waals surface area contributed by atoms with Crippen molar-refractivity contribution in [1.29, 1.82) is 0 Å². The third kappa shape index (κ3) is 3.04. The Labute approximate surface area is 126 Å². The van der Waals surface area contributed by atoms with Crippen molar-refractivity contribution in [3.05, 3.63) is 41.2 Å². The van der Waals surface area contributed by atoms with Gasteiger partial charge in [-0.05, 0) is 37.8 Å². The zero-order valence-corrected chi connectivity index (χ0v) is 13.4. The van der Waals surface area contributed by atoms with Crippen molar-refractivity contribution in [2.75, 3.05) is 11.6 Å². The third-order valence-electron chi connectivity index (χ3n) is 3.92. The van der Waals surface area contributed by atoms with Crippen LogP contribution < -0.4 is 4.90 Å². The summed E-state index contributed by atoms with van der Waals surface area (Å²) in [5.74, 6) is -0.707. The van der Waals surface area contributed by atoms with E-state index in [1.807, 2.05) is 31.1 Å². The molecule has 0 amide bonds. The minimum atomic E-state index is -0.770. The molecule has 4 nitrogen and oxygen atoms in total. The van der Waals surface area contributed by atoms with E-state index in [9.17, 15) is 9.90 Å². The van der Waals surface area contributed by atoms with E-state index < -0.39 is 12.0 Å². The number of benzene rings is 1. The molecule has 0 bridgehead atoms. The first-order chi connectivity index (χ1) is 9.81. The van der Waals surface area contributed by atoms with Crippen LogP contribution in [0.15, 0.2) is 24.5 Å². The summed E-state index contributed by atoms with van der Waals surface area (Å²) in [6, 6.07) is 3.84.